The largest absolute Gasteiger partial charge is 0.478 e. The van der Waals surface area contributed by atoms with E-state index in [1.54, 1.807) is 0 Å². The molecule has 9 heteroatoms. The maximum absolute atomic E-state index is 11.2. The summed E-state index contributed by atoms with van der Waals surface area (Å²) < 4.78 is 1.85. The molecule has 2 aromatic heterocycles. The van der Waals surface area contributed by atoms with Crippen molar-refractivity contribution in [1.82, 2.24) is 19.7 Å². The van der Waals surface area contributed by atoms with Gasteiger partial charge in [0.25, 0.3) is 0 Å². The van der Waals surface area contributed by atoms with Crippen LogP contribution < -0.4 is 5.69 Å². The van der Waals surface area contributed by atoms with Crippen molar-refractivity contribution in [3.8, 4) is 0 Å². The molecular formula is C9H7BrN4O3S. The van der Waals surface area contributed by atoms with Crippen LogP contribution in [-0.4, -0.2) is 30.8 Å². The van der Waals surface area contributed by atoms with Crippen molar-refractivity contribution in [2.45, 2.75) is 10.2 Å². The van der Waals surface area contributed by atoms with Gasteiger partial charge < -0.3 is 5.11 Å². The second kappa shape index (κ2) is 4.94. The number of nitrogens with one attached hydrogen (secondary N) is 1. The van der Waals surface area contributed by atoms with E-state index in [1.165, 1.54) is 23.9 Å². The quantitative estimate of drug-likeness (QED) is 0.874. The normalized spacial score (nSPS) is 10.6. The molecule has 0 amide bonds. The van der Waals surface area contributed by atoms with E-state index in [0.717, 1.165) is 11.8 Å². The fourth-order valence-electron chi connectivity index (χ4n) is 1.17. The summed E-state index contributed by atoms with van der Waals surface area (Å²) in [5.41, 5.74) is -0.323. The van der Waals surface area contributed by atoms with Crippen molar-refractivity contribution in [2.75, 3.05) is 0 Å². The van der Waals surface area contributed by atoms with Gasteiger partial charge in [0.05, 0.1) is 5.56 Å². The van der Waals surface area contributed by atoms with E-state index in [2.05, 4.69) is 31.1 Å². The number of carboxylic acid groups (broad SMARTS) is 1. The highest BCUT2D eigenvalue weighted by Gasteiger charge is 2.16. The smallest absolute Gasteiger partial charge is 0.343 e. The Balaban J connectivity index is 2.43. The zero-order valence-corrected chi connectivity index (χ0v) is 11.4. The van der Waals surface area contributed by atoms with Crippen LogP contribution in [0, 0.1) is 0 Å². The number of aromatic amines is 1. The predicted molar refractivity (Wildman–Crippen MR) is 66.8 cm³/mol. The van der Waals surface area contributed by atoms with Crippen LogP contribution in [0.2, 0.25) is 0 Å². The molecule has 7 nitrogen and oxygen atoms in total. The summed E-state index contributed by atoms with van der Waals surface area (Å²) in [4.78, 5) is 26.3. The van der Waals surface area contributed by atoms with Crippen LogP contribution in [0.1, 0.15) is 10.4 Å². The minimum Gasteiger partial charge on any atom is -0.478 e. The van der Waals surface area contributed by atoms with Gasteiger partial charge in [-0.3, -0.25) is 4.57 Å². The van der Waals surface area contributed by atoms with Gasteiger partial charge >= 0.3 is 11.7 Å². The maximum atomic E-state index is 11.2. The number of rotatable bonds is 3. The molecule has 2 aromatic rings. The van der Waals surface area contributed by atoms with Crippen molar-refractivity contribution in [3.05, 3.63) is 32.8 Å². The van der Waals surface area contributed by atoms with Crippen LogP contribution in [0.5, 0.6) is 0 Å². The summed E-state index contributed by atoms with van der Waals surface area (Å²) in [6.45, 7) is 0. The van der Waals surface area contributed by atoms with Crippen LogP contribution in [-0.2, 0) is 7.05 Å². The molecule has 2 heterocycles. The summed E-state index contributed by atoms with van der Waals surface area (Å²) in [5, 5.41) is 15.7. The number of carbonyl (C=O) groups is 1. The van der Waals surface area contributed by atoms with Gasteiger partial charge in [0.15, 0.2) is 5.16 Å². The third-order valence-electron chi connectivity index (χ3n) is 2.07. The minimum absolute atomic E-state index is 0.0461. The Kier molecular flexibility index (Phi) is 3.53. The lowest BCUT2D eigenvalue weighted by Gasteiger charge is -2.04. The van der Waals surface area contributed by atoms with Gasteiger partial charge in [-0.05, 0) is 33.8 Å². The van der Waals surface area contributed by atoms with E-state index in [-0.39, 0.29) is 16.3 Å². The molecule has 0 bridgehead atoms. The average molecular weight is 331 g/mol. The maximum Gasteiger partial charge on any atom is 0.343 e. The van der Waals surface area contributed by atoms with E-state index in [0.29, 0.717) is 9.63 Å². The SMILES string of the molecule is Cn1c(Sc2ncc(Br)cc2C(=O)O)n[nH]c1=O. The fraction of sp³-hybridized carbons (Fsp3) is 0.111. The highest BCUT2D eigenvalue weighted by molar-refractivity contribution is 9.10. The Bertz CT molecular complexity index is 666. The highest BCUT2D eigenvalue weighted by Crippen LogP contribution is 2.27. The molecule has 0 radical (unpaired) electrons. The van der Waals surface area contributed by atoms with Crippen molar-refractivity contribution < 1.29 is 9.90 Å². The van der Waals surface area contributed by atoms with Gasteiger partial charge in [-0.1, -0.05) is 0 Å². The van der Waals surface area contributed by atoms with E-state index in [9.17, 15) is 9.59 Å². The zero-order chi connectivity index (χ0) is 13.3. The lowest BCUT2D eigenvalue weighted by atomic mass is 10.3. The first-order valence-corrected chi connectivity index (χ1v) is 6.28. The molecule has 0 unspecified atom stereocenters. The molecule has 18 heavy (non-hydrogen) atoms. The number of halogens is 1. The number of aromatic nitrogens is 4. The Morgan fingerprint density at radius 2 is 2.33 bits per heavy atom. The third kappa shape index (κ3) is 2.46. The molecule has 0 spiro atoms. The van der Waals surface area contributed by atoms with Gasteiger partial charge in [-0.25, -0.2) is 19.7 Å². The Labute approximate surface area is 113 Å². The molecule has 2 N–H and O–H groups in total. The molecule has 0 saturated carbocycles. The first-order chi connectivity index (χ1) is 8.49. The highest BCUT2D eigenvalue weighted by atomic mass is 79.9. The number of nitrogens with zero attached hydrogens (tertiary/aromatic N) is 3. The number of hydrogen-bond donors (Lipinski definition) is 2. The Morgan fingerprint density at radius 1 is 1.61 bits per heavy atom. The molecule has 0 aliphatic heterocycles. The predicted octanol–water partition coefficient (Wildman–Crippen LogP) is 1.12. The van der Waals surface area contributed by atoms with E-state index < -0.39 is 5.97 Å². The molecule has 0 fully saturated rings. The van der Waals surface area contributed by atoms with Crippen LogP contribution in [0.15, 0.2) is 31.7 Å². The minimum atomic E-state index is -1.09. The molecule has 0 aliphatic rings. The lowest BCUT2D eigenvalue weighted by molar-refractivity contribution is 0.0692. The van der Waals surface area contributed by atoms with Crippen molar-refractivity contribution in [2.24, 2.45) is 7.05 Å². The Morgan fingerprint density at radius 3 is 2.89 bits per heavy atom. The fourth-order valence-corrected chi connectivity index (χ4v) is 2.35. The summed E-state index contributed by atoms with van der Waals surface area (Å²) in [6.07, 6.45) is 1.49. The summed E-state index contributed by atoms with van der Waals surface area (Å²) in [6, 6.07) is 1.45. The number of hydrogen-bond acceptors (Lipinski definition) is 5. The molecule has 0 atom stereocenters. The van der Waals surface area contributed by atoms with Crippen molar-refractivity contribution in [1.29, 1.82) is 0 Å². The van der Waals surface area contributed by atoms with E-state index in [1.807, 2.05) is 0 Å². The first kappa shape index (κ1) is 12.8. The zero-order valence-electron chi connectivity index (χ0n) is 9.05. The number of aromatic carboxylic acids is 1. The second-order valence-electron chi connectivity index (χ2n) is 3.28. The molecule has 0 saturated heterocycles. The molecule has 2 rings (SSSR count). The van der Waals surface area contributed by atoms with Crippen LogP contribution in [0.25, 0.3) is 0 Å². The van der Waals surface area contributed by atoms with Crippen LogP contribution in [0.3, 0.4) is 0 Å². The standard InChI is InChI=1S/C9H7BrN4O3S/c1-14-8(17)12-13-9(14)18-6-5(7(15)16)2-4(10)3-11-6/h2-3H,1H3,(H,12,17)(H,15,16). The van der Waals surface area contributed by atoms with Crippen molar-refractivity contribution in [3.63, 3.8) is 0 Å². The summed E-state index contributed by atoms with van der Waals surface area (Å²) >= 11 is 4.16. The van der Waals surface area contributed by atoms with Crippen LogP contribution in [0.4, 0.5) is 0 Å². The average Bonchev–Trinajstić information content (AvgIpc) is 2.63. The van der Waals surface area contributed by atoms with Gasteiger partial charge in [-0.2, -0.15) is 0 Å². The number of pyridine rings is 1. The summed E-state index contributed by atoms with van der Waals surface area (Å²) in [5.74, 6) is -1.09. The molecular weight excluding hydrogens is 324 g/mol. The second-order valence-corrected chi connectivity index (χ2v) is 5.16. The molecule has 0 aliphatic carbocycles. The molecule has 94 valence electrons. The number of H-pyrrole nitrogens is 1. The van der Waals surface area contributed by atoms with Crippen LogP contribution >= 0.6 is 27.7 Å². The van der Waals surface area contributed by atoms with Gasteiger partial charge in [0.1, 0.15) is 5.03 Å². The molecule has 0 aromatic carbocycles. The van der Waals surface area contributed by atoms with E-state index in [4.69, 9.17) is 5.11 Å². The first-order valence-electron chi connectivity index (χ1n) is 4.67. The van der Waals surface area contributed by atoms with E-state index >= 15 is 0 Å². The number of carboxylic acids is 1. The monoisotopic (exact) mass is 330 g/mol. The van der Waals surface area contributed by atoms with Gasteiger partial charge in [0.2, 0.25) is 0 Å². The van der Waals surface area contributed by atoms with Gasteiger partial charge in [-0.15, -0.1) is 5.10 Å². The Hall–Kier alpha value is -1.61. The topological polar surface area (TPSA) is 101 Å². The van der Waals surface area contributed by atoms with Gasteiger partial charge in [0, 0.05) is 17.7 Å². The summed E-state index contributed by atoms with van der Waals surface area (Å²) in [7, 11) is 1.54. The lowest BCUT2D eigenvalue weighted by Crippen LogP contribution is -2.13. The third-order valence-corrected chi connectivity index (χ3v) is 3.57. The van der Waals surface area contributed by atoms with Crippen molar-refractivity contribution >= 4 is 33.7 Å².